The second-order valence-electron chi connectivity index (χ2n) is 5.15. The Balaban J connectivity index is 3.39. The van der Waals surface area contributed by atoms with Crippen LogP contribution in [0.4, 0.5) is 0 Å². The van der Waals surface area contributed by atoms with Crippen LogP contribution in [0.1, 0.15) is 38.3 Å². The third-order valence-corrected chi connectivity index (χ3v) is 3.65. The monoisotopic (exact) mass is 265 g/mol. The Kier molecular flexibility index (Phi) is 4.95. The maximum absolute atomic E-state index is 11.1. The molecular formula is C15H23NO3. The second kappa shape index (κ2) is 6.06. The third-order valence-electron chi connectivity index (χ3n) is 3.65. The lowest BCUT2D eigenvalue weighted by Gasteiger charge is -2.34. The van der Waals surface area contributed by atoms with Gasteiger partial charge in [0.05, 0.1) is 19.1 Å². The zero-order valence-corrected chi connectivity index (χ0v) is 12.1. The van der Waals surface area contributed by atoms with Crippen LogP contribution in [0.15, 0.2) is 18.2 Å². The first kappa shape index (κ1) is 15.5. The van der Waals surface area contributed by atoms with Gasteiger partial charge in [0.15, 0.2) is 0 Å². The Morgan fingerprint density at radius 3 is 2.53 bits per heavy atom. The topological polar surface area (TPSA) is 72.5 Å². The van der Waals surface area contributed by atoms with Crippen LogP contribution in [0.3, 0.4) is 0 Å². The molecule has 0 saturated heterocycles. The Bertz CT molecular complexity index is 457. The molecule has 0 aliphatic carbocycles. The fraction of sp³-hybridized carbons (Fsp3) is 0.533. The molecule has 4 heteroatoms. The maximum Gasteiger partial charge on any atom is 0.305 e. The molecule has 19 heavy (non-hydrogen) atoms. The summed E-state index contributed by atoms with van der Waals surface area (Å²) in [5.41, 5.74) is 7.37. The molecule has 1 aromatic carbocycles. The first-order valence-electron chi connectivity index (χ1n) is 6.53. The van der Waals surface area contributed by atoms with Crippen molar-refractivity contribution in [2.75, 3.05) is 7.11 Å². The lowest BCUT2D eigenvalue weighted by Crippen LogP contribution is -2.44. The molecule has 0 spiro atoms. The Hall–Kier alpha value is -1.55. The van der Waals surface area contributed by atoms with Crippen LogP contribution < -0.4 is 10.5 Å². The van der Waals surface area contributed by atoms with E-state index in [1.54, 1.807) is 7.11 Å². The predicted octanol–water partition coefficient (Wildman–Crippen LogP) is 2.54. The lowest BCUT2D eigenvalue weighted by molar-refractivity contribution is -0.139. The summed E-state index contributed by atoms with van der Waals surface area (Å²) < 4.78 is 5.35. The normalized spacial score (nSPS) is 14.2. The number of aliphatic carboxylic acids is 1. The molecular weight excluding hydrogens is 242 g/mol. The second-order valence-corrected chi connectivity index (χ2v) is 5.15. The number of carboxylic acid groups (broad SMARTS) is 1. The first-order valence-corrected chi connectivity index (χ1v) is 6.53. The van der Waals surface area contributed by atoms with Crippen molar-refractivity contribution in [2.24, 2.45) is 11.7 Å². The summed E-state index contributed by atoms with van der Waals surface area (Å²) in [6.07, 6.45) is 0.756. The van der Waals surface area contributed by atoms with Crippen molar-refractivity contribution in [1.29, 1.82) is 0 Å². The molecule has 1 aromatic rings. The highest BCUT2D eigenvalue weighted by Gasteiger charge is 2.36. The number of nitrogens with two attached hydrogens (primary N) is 1. The average Bonchev–Trinajstić information content (AvgIpc) is 2.36. The Morgan fingerprint density at radius 1 is 1.47 bits per heavy atom. The predicted molar refractivity (Wildman–Crippen MR) is 75.3 cm³/mol. The van der Waals surface area contributed by atoms with Crippen LogP contribution in [0, 0.1) is 5.92 Å². The molecule has 106 valence electrons. The van der Waals surface area contributed by atoms with Crippen LogP contribution >= 0.6 is 0 Å². The molecule has 0 radical (unpaired) electrons. The molecule has 0 amide bonds. The van der Waals surface area contributed by atoms with Crippen molar-refractivity contribution in [3.63, 3.8) is 0 Å². The standard InChI is InChI=1S/C15H23NO3/c1-5-11-6-7-13(19-4)12(8-11)15(16,10(2)3)9-14(17)18/h6-8,10H,5,9,16H2,1-4H3,(H,17,18). The van der Waals surface area contributed by atoms with Crippen molar-refractivity contribution in [3.8, 4) is 5.75 Å². The molecule has 0 heterocycles. The van der Waals surface area contributed by atoms with Crippen LogP contribution in [-0.2, 0) is 16.8 Å². The molecule has 1 rings (SSSR count). The highest BCUT2D eigenvalue weighted by Crippen LogP contribution is 2.37. The van der Waals surface area contributed by atoms with E-state index in [0.29, 0.717) is 5.75 Å². The average molecular weight is 265 g/mol. The minimum absolute atomic E-state index is 0.00962. The SMILES string of the molecule is CCc1ccc(OC)c(C(N)(CC(=O)O)C(C)C)c1. The minimum atomic E-state index is -0.928. The number of hydrogen-bond donors (Lipinski definition) is 2. The number of rotatable bonds is 6. The van der Waals surface area contributed by atoms with Crippen molar-refractivity contribution >= 4 is 5.97 Å². The van der Waals surface area contributed by atoms with E-state index in [0.717, 1.165) is 17.5 Å². The summed E-state index contributed by atoms with van der Waals surface area (Å²) in [6.45, 7) is 5.92. The molecule has 0 aliphatic heterocycles. The van der Waals surface area contributed by atoms with Crippen molar-refractivity contribution in [1.82, 2.24) is 0 Å². The zero-order valence-electron chi connectivity index (χ0n) is 12.1. The number of methoxy groups -OCH3 is 1. The van der Waals surface area contributed by atoms with E-state index >= 15 is 0 Å². The van der Waals surface area contributed by atoms with Crippen LogP contribution in [0.5, 0.6) is 5.75 Å². The van der Waals surface area contributed by atoms with Gasteiger partial charge >= 0.3 is 5.97 Å². The van der Waals surface area contributed by atoms with Gasteiger partial charge in [0.2, 0.25) is 0 Å². The molecule has 0 fully saturated rings. The van der Waals surface area contributed by atoms with E-state index in [4.69, 9.17) is 15.6 Å². The fourth-order valence-electron chi connectivity index (χ4n) is 2.20. The van der Waals surface area contributed by atoms with Crippen LogP contribution in [-0.4, -0.2) is 18.2 Å². The van der Waals surface area contributed by atoms with E-state index in [1.165, 1.54) is 0 Å². The van der Waals surface area contributed by atoms with Gasteiger partial charge < -0.3 is 15.6 Å². The number of hydrogen-bond acceptors (Lipinski definition) is 3. The molecule has 0 aliphatic rings. The molecule has 0 bridgehead atoms. The molecule has 3 N–H and O–H groups in total. The smallest absolute Gasteiger partial charge is 0.305 e. The maximum atomic E-state index is 11.1. The van der Waals surface area contributed by atoms with Gasteiger partial charge in [-0.25, -0.2) is 0 Å². The Labute approximate surface area is 114 Å². The summed E-state index contributed by atoms with van der Waals surface area (Å²) in [6, 6.07) is 5.80. The van der Waals surface area contributed by atoms with Crippen molar-refractivity contribution in [2.45, 2.75) is 39.2 Å². The van der Waals surface area contributed by atoms with Gasteiger partial charge in [-0.1, -0.05) is 32.9 Å². The lowest BCUT2D eigenvalue weighted by atomic mass is 9.77. The minimum Gasteiger partial charge on any atom is -0.496 e. The van der Waals surface area contributed by atoms with Gasteiger partial charge in [0, 0.05) is 5.56 Å². The van der Waals surface area contributed by atoms with Gasteiger partial charge in [-0.3, -0.25) is 4.79 Å². The molecule has 0 saturated carbocycles. The van der Waals surface area contributed by atoms with Crippen molar-refractivity contribution < 1.29 is 14.6 Å². The summed E-state index contributed by atoms with van der Waals surface area (Å²) in [7, 11) is 1.58. The summed E-state index contributed by atoms with van der Waals surface area (Å²) >= 11 is 0. The summed E-state index contributed by atoms with van der Waals surface area (Å²) in [5.74, 6) is -0.264. The summed E-state index contributed by atoms with van der Waals surface area (Å²) in [5, 5.41) is 9.13. The molecule has 1 unspecified atom stereocenters. The van der Waals surface area contributed by atoms with E-state index in [9.17, 15) is 4.79 Å². The fourth-order valence-corrected chi connectivity index (χ4v) is 2.20. The van der Waals surface area contributed by atoms with Gasteiger partial charge in [-0.2, -0.15) is 0 Å². The quantitative estimate of drug-likeness (QED) is 0.829. The van der Waals surface area contributed by atoms with Crippen LogP contribution in [0.25, 0.3) is 0 Å². The van der Waals surface area contributed by atoms with Gasteiger partial charge in [0.1, 0.15) is 5.75 Å². The van der Waals surface area contributed by atoms with Crippen LogP contribution in [0.2, 0.25) is 0 Å². The van der Waals surface area contributed by atoms with E-state index in [-0.39, 0.29) is 12.3 Å². The van der Waals surface area contributed by atoms with E-state index in [2.05, 4.69) is 6.92 Å². The largest absolute Gasteiger partial charge is 0.496 e. The zero-order chi connectivity index (χ0) is 14.6. The first-order chi connectivity index (χ1) is 8.85. The number of aryl methyl sites for hydroxylation is 1. The van der Waals surface area contributed by atoms with Crippen molar-refractivity contribution in [3.05, 3.63) is 29.3 Å². The number of carbonyl (C=O) groups is 1. The van der Waals surface area contributed by atoms with Gasteiger partial charge in [-0.15, -0.1) is 0 Å². The third kappa shape index (κ3) is 3.26. The molecule has 0 aromatic heterocycles. The van der Waals surface area contributed by atoms with Gasteiger partial charge in [-0.05, 0) is 24.0 Å². The molecule has 1 atom stereocenters. The summed E-state index contributed by atoms with van der Waals surface area (Å²) in [4.78, 5) is 11.1. The highest BCUT2D eigenvalue weighted by atomic mass is 16.5. The highest BCUT2D eigenvalue weighted by molar-refractivity contribution is 5.69. The van der Waals surface area contributed by atoms with Gasteiger partial charge in [0.25, 0.3) is 0 Å². The molecule has 4 nitrogen and oxygen atoms in total. The van der Waals surface area contributed by atoms with E-state index < -0.39 is 11.5 Å². The number of ether oxygens (including phenoxy) is 1. The number of benzene rings is 1. The number of carboxylic acids is 1. The Morgan fingerprint density at radius 2 is 2.11 bits per heavy atom. The van der Waals surface area contributed by atoms with E-state index in [1.807, 2.05) is 32.0 Å².